The van der Waals surface area contributed by atoms with Crippen molar-refractivity contribution in [2.45, 2.75) is 0 Å². The Hall–Kier alpha value is 1.90. The monoisotopic (exact) mass is 356 g/mol. The van der Waals surface area contributed by atoms with Gasteiger partial charge in [-0.2, -0.15) is 0 Å². The zero-order valence-corrected chi connectivity index (χ0v) is 14.2. The molecule has 0 amide bonds. The van der Waals surface area contributed by atoms with Gasteiger partial charge in [-0.3, -0.25) is 0 Å². The van der Waals surface area contributed by atoms with Crippen molar-refractivity contribution in [3.8, 4) is 0 Å². The summed E-state index contributed by atoms with van der Waals surface area (Å²) >= 11 is 0. The van der Waals surface area contributed by atoms with Crippen LogP contribution in [0.3, 0.4) is 0 Å². The molecule has 0 aliphatic heterocycles. The third-order valence-electron chi connectivity index (χ3n) is 0. The van der Waals surface area contributed by atoms with Crippen molar-refractivity contribution >= 4 is 12.3 Å². The Bertz CT molecular complexity index is 81.5. The quantitative estimate of drug-likeness (QED) is 0.420. The standard InChI is InChI=1S/2CH2O3.K.H3N.2Zr/c2*2-1(3)4;;;;/h2*(H2,2,3,4);;1H3;;/q;;+1;;2*+4/p-4. The molecule has 0 radical (unpaired) electrons. The third-order valence-corrected chi connectivity index (χ3v) is 0. The summed E-state index contributed by atoms with van der Waals surface area (Å²) in [6, 6.07) is 0. The van der Waals surface area contributed by atoms with Gasteiger partial charge in [0.05, 0.1) is 0 Å². The van der Waals surface area contributed by atoms with Gasteiger partial charge >= 0.3 is 104 Å². The summed E-state index contributed by atoms with van der Waals surface area (Å²) in [4.78, 5) is 16.7. The summed E-state index contributed by atoms with van der Waals surface area (Å²) in [6.45, 7) is 0. The first-order valence-electron chi connectivity index (χ1n) is 1.22. The molecule has 0 aromatic carbocycles. The van der Waals surface area contributed by atoms with E-state index in [0.717, 1.165) is 0 Å². The van der Waals surface area contributed by atoms with Crippen molar-refractivity contribution < 1.29 is 134 Å². The van der Waals surface area contributed by atoms with E-state index in [1.807, 2.05) is 0 Å². The van der Waals surface area contributed by atoms with E-state index < -0.39 is 12.3 Å². The number of carbonyl (C=O) groups is 2. The van der Waals surface area contributed by atoms with E-state index in [1.54, 1.807) is 0 Å². The molecule has 0 unspecified atom stereocenters. The van der Waals surface area contributed by atoms with E-state index in [2.05, 4.69) is 0 Å². The Morgan fingerprint density at radius 3 is 0.750 bits per heavy atom. The second-order valence-corrected chi connectivity index (χ2v) is 0.500. The van der Waals surface area contributed by atoms with Crippen molar-refractivity contribution in [3.05, 3.63) is 0 Å². The maximum atomic E-state index is 8.33. The summed E-state index contributed by atoms with van der Waals surface area (Å²) in [7, 11) is 0. The number of rotatable bonds is 0. The van der Waals surface area contributed by atoms with Gasteiger partial charge in [0.1, 0.15) is 0 Å². The van der Waals surface area contributed by atoms with Crippen LogP contribution in [0.1, 0.15) is 0 Å². The van der Waals surface area contributed by atoms with Gasteiger partial charge in [-0.15, -0.1) is 0 Å². The van der Waals surface area contributed by atoms with Crippen molar-refractivity contribution in [2.24, 2.45) is 0 Å². The summed E-state index contributed by atoms with van der Waals surface area (Å²) in [5, 5.41) is 33.3. The zero-order valence-electron chi connectivity index (χ0n) is 6.16. The first-order chi connectivity index (χ1) is 3.46. The van der Waals surface area contributed by atoms with Crippen molar-refractivity contribution in [1.82, 2.24) is 6.15 Å². The molecule has 10 heteroatoms. The Labute approximate surface area is 149 Å². The van der Waals surface area contributed by atoms with Crippen LogP contribution < -0.4 is 78.0 Å². The Kier molecular flexibility index (Phi) is 90.4. The summed E-state index contributed by atoms with van der Waals surface area (Å²) in [6.07, 6.45) is -4.67. The number of carbonyl (C=O) groups excluding carboxylic acids is 2. The fraction of sp³-hybridized carbons (Fsp3) is 0. The fourth-order valence-electron chi connectivity index (χ4n) is 0. The summed E-state index contributed by atoms with van der Waals surface area (Å²) in [5.74, 6) is 0. The predicted octanol–water partition coefficient (Wildman–Crippen LogP) is -7.73. The molecular formula is C2H3KNO6Zr2+5. The molecule has 0 aliphatic rings. The predicted molar refractivity (Wildman–Crippen MR) is 15.8 cm³/mol. The van der Waals surface area contributed by atoms with E-state index >= 15 is 0 Å². The van der Waals surface area contributed by atoms with E-state index in [4.69, 9.17) is 30.0 Å². The van der Waals surface area contributed by atoms with Crippen LogP contribution in [0.5, 0.6) is 0 Å². The molecule has 12 heavy (non-hydrogen) atoms. The van der Waals surface area contributed by atoms with Crippen molar-refractivity contribution in [2.75, 3.05) is 0 Å². The van der Waals surface area contributed by atoms with Crippen LogP contribution in [-0.4, -0.2) is 12.3 Å². The van der Waals surface area contributed by atoms with Gasteiger partial charge in [0.25, 0.3) is 0 Å². The van der Waals surface area contributed by atoms with Gasteiger partial charge in [-0.05, 0) is 12.3 Å². The zero-order chi connectivity index (χ0) is 7.15. The Morgan fingerprint density at radius 2 is 0.750 bits per heavy atom. The van der Waals surface area contributed by atoms with E-state index in [9.17, 15) is 0 Å². The van der Waals surface area contributed by atoms with E-state index in [-0.39, 0.29) is 110 Å². The summed E-state index contributed by atoms with van der Waals surface area (Å²) < 4.78 is 0. The van der Waals surface area contributed by atoms with Gasteiger partial charge in [-0.1, -0.05) is 0 Å². The fourth-order valence-corrected chi connectivity index (χ4v) is 0. The van der Waals surface area contributed by atoms with Crippen LogP contribution in [-0.2, 0) is 52.4 Å². The Balaban J connectivity index is -0.0000000112. The van der Waals surface area contributed by atoms with Crippen LogP contribution >= 0.6 is 0 Å². The van der Waals surface area contributed by atoms with Crippen LogP contribution in [0.25, 0.3) is 0 Å². The van der Waals surface area contributed by atoms with Crippen molar-refractivity contribution in [3.63, 3.8) is 0 Å². The second kappa shape index (κ2) is 29.3. The van der Waals surface area contributed by atoms with Gasteiger partial charge < -0.3 is 36.2 Å². The first-order valence-corrected chi connectivity index (χ1v) is 1.22. The van der Waals surface area contributed by atoms with Gasteiger partial charge in [0, 0.05) is 0 Å². The number of carboxylic acid groups (broad SMARTS) is 4. The molecule has 0 fully saturated rings. The molecule has 3 N–H and O–H groups in total. The average Bonchev–Trinajstić information content (AvgIpc) is 1.25. The molecule has 0 bridgehead atoms. The second-order valence-electron chi connectivity index (χ2n) is 0.500. The smallest absolute Gasteiger partial charge is 0.652 e. The normalized spacial score (nSPS) is 4.00. The van der Waals surface area contributed by atoms with Crippen LogP contribution in [0.2, 0.25) is 0 Å². The van der Waals surface area contributed by atoms with E-state index in [1.165, 1.54) is 0 Å². The maximum absolute atomic E-state index is 8.33. The first kappa shape index (κ1) is 37.1. The average molecular weight is 359 g/mol. The van der Waals surface area contributed by atoms with Gasteiger partial charge in [-0.25, -0.2) is 0 Å². The molecule has 0 saturated heterocycles. The molecule has 0 aliphatic carbocycles. The molecule has 0 spiro atoms. The maximum Gasteiger partial charge on any atom is 4.00 e. The van der Waals surface area contributed by atoms with Gasteiger partial charge in [0.2, 0.25) is 0 Å². The molecule has 7 nitrogen and oxygen atoms in total. The molecule has 0 aromatic rings. The minimum atomic E-state index is -2.33. The van der Waals surface area contributed by atoms with Crippen LogP contribution in [0.15, 0.2) is 0 Å². The third kappa shape index (κ3) is 391. The SMILES string of the molecule is N.O=C([O-])[O-].O=C([O-])[O-].[K+].[Zr+4].[Zr+4]. The molecule has 0 atom stereocenters. The molecule has 0 saturated carbocycles. The molecular weight excluding hydrogens is 356 g/mol. The van der Waals surface area contributed by atoms with Crippen LogP contribution in [0.4, 0.5) is 9.59 Å². The Morgan fingerprint density at radius 1 is 0.750 bits per heavy atom. The van der Waals surface area contributed by atoms with E-state index in [0.29, 0.717) is 0 Å². The minimum Gasteiger partial charge on any atom is -0.652 e. The molecule has 0 rings (SSSR count). The topological polar surface area (TPSA) is 161 Å². The largest absolute Gasteiger partial charge is 4.00 e. The number of hydrogen-bond donors (Lipinski definition) is 1. The molecule has 0 aromatic heterocycles. The minimum absolute atomic E-state index is 0. The molecule has 0 heterocycles. The van der Waals surface area contributed by atoms with Gasteiger partial charge in [0.15, 0.2) is 0 Å². The van der Waals surface area contributed by atoms with Crippen molar-refractivity contribution in [1.29, 1.82) is 0 Å². The molecule has 56 valence electrons. The number of hydrogen-bond acceptors (Lipinski definition) is 7. The summed E-state index contributed by atoms with van der Waals surface area (Å²) in [5.41, 5.74) is 0. The van der Waals surface area contributed by atoms with Crippen LogP contribution in [0, 0.1) is 0 Å².